The van der Waals surface area contributed by atoms with E-state index in [4.69, 9.17) is 5.73 Å². The lowest BCUT2D eigenvalue weighted by Gasteiger charge is -2.05. The van der Waals surface area contributed by atoms with Gasteiger partial charge in [-0.25, -0.2) is 4.99 Å². The second-order valence-corrected chi connectivity index (χ2v) is 4.60. The molecule has 0 aliphatic rings. The minimum Gasteiger partial charge on any atom is -0.370 e. The molecule has 0 radical (unpaired) electrons. The fraction of sp³-hybridized carbons (Fsp3) is 0.333. The Morgan fingerprint density at radius 3 is 2.94 bits per heavy atom. The Labute approximate surface area is 115 Å². The van der Waals surface area contributed by atoms with E-state index in [1.54, 1.807) is 0 Å². The van der Waals surface area contributed by atoms with E-state index in [0.717, 1.165) is 23.1 Å². The lowest BCUT2D eigenvalue weighted by Crippen LogP contribution is -2.33. The van der Waals surface area contributed by atoms with E-state index in [2.05, 4.69) is 31.6 Å². The first-order valence-electron chi connectivity index (χ1n) is 5.71. The number of carbonyl (C=O) groups excluding carboxylic acids is 1. The van der Waals surface area contributed by atoms with Crippen molar-refractivity contribution in [2.45, 2.75) is 13.3 Å². The highest BCUT2D eigenvalue weighted by atomic mass is 79.9. The highest BCUT2D eigenvalue weighted by Gasteiger charge is 2.01. The summed E-state index contributed by atoms with van der Waals surface area (Å²) in [6.07, 6.45) is 0.959. The first kappa shape index (κ1) is 14.5. The van der Waals surface area contributed by atoms with Gasteiger partial charge in [0.1, 0.15) is 6.54 Å². The monoisotopic (exact) mass is 312 g/mol. The van der Waals surface area contributed by atoms with Gasteiger partial charge < -0.3 is 16.4 Å². The van der Waals surface area contributed by atoms with Crippen molar-refractivity contribution >= 4 is 33.5 Å². The van der Waals surface area contributed by atoms with E-state index in [9.17, 15) is 4.79 Å². The number of carbonyl (C=O) groups is 1. The molecular weight excluding hydrogens is 296 g/mol. The number of hydrogen-bond donors (Lipinski definition) is 3. The summed E-state index contributed by atoms with van der Waals surface area (Å²) in [5, 5.41) is 5.64. The summed E-state index contributed by atoms with van der Waals surface area (Å²) in [4.78, 5) is 15.5. The van der Waals surface area contributed by atoms with Crippen LogP contribution in [0.4, 0.5) is 5.69 Å². The topological polar surface area (TPSA) is 79.5 Å². The molecule has 0 unspecified atom stereocenters. The fourth-order valence-electron chi connectivity index (χ4n) is 1.23. The van der Waals surface area contributed by atoms with Crippen LogP contribution in [0.1, 0.15) is 13.3 Å². The molecule has 0 aliphatic carbocycles. The lowest BCUT2D eigenvalue weighted by atomic mass is 10.3. The molecule has 0 atom stereocenters. The second kappa shape index (κ2) is 7.71. The van der Waals surface area contributed by atoms with Crippen LogP contribution in [0.3, 0.4) is 0 Å². The number of amides is 1. The van der Waals surface area contributed by atoms with Gasteiger partial charge in [0.05, 0.1) is 0 Å². The molecule has 0 fully saturated rings. The molecule has 4 N–H and O–H groups in total. The molecule has 1 aromatic carbocycles. The number of rotatable bonds is 5. The summed E-state index contributed by atoms with van der Waals surface area (Å²) in [7, 11) is 0. The molecule has 0 saturated carbocycles. The molecule has 1 rings (SSSR count). The Balaban J connectivity index is 2.42. The molecule has 1 amide bonds. The van der Waals surface area contributed by atoms with Gasteiger partial charge in [0.15, 0.2) is 5.96 Å². The van der Waals surface area contributed by atoms with Crippen molar-refractivity contribution in [3.63, 3.8) is 0 Å². The smallest absolute Gasteiger partial charge is 0.246 e. The maximum absolute atomic E-state index is 11.6. The molecule has 18 heavy (non-hydrogen) atoms. The highest BCUT2D eigenvalue weighted by Crippen LogP contribution is 2.15. The van der Waals surface area contributed by atoms with Gasteiger partial charge in [0.25, 0.3) is 0 Å². The Bertz CT molecular complexity index is 434. The normalized spacial score (nSPS) is 11.1. The standard InChI is InChI=1S/C12H17BrN4O/c1-2-6-15-12(14)16-8-11(18)17-10-5-3-4-9(13)7-10/h3-5,7H,2,6,8H2,1H3,(H,17,18)(H3,14,15,16). The van der Waals surface area contributed by atoms with Gasteiger partial charge >= 0.3 is 0 Å². The minimum absolute atomic E-state index is 0.00899. The Morgan fingerprint density at radius 1 is 1.50 bits per heavy atom. The molecule has 6 heteroatoms. The van der Waals surface area contributed by atoms with Crippen LogP contribution >= 0.6 is 15.9 Å². The molecule has 0 bridgehead atoms. The largest absolute Gasteiger partial charge is 0.370 e. The van der Waals surface area contributed by atoms with Gasteiger partial charge in [-0.05, 0) is 24.6 Å². The van der Waals surface area contributed by atoms with Gasteiger partial charge in [-0.2, -0.15) is 0 Å². The molecular formula is C12H17BrN4O. The van der Waals surface area contributed by atoms with Crippen LogP contribution in [0.2, 0.25) is 0 Å². The Morgan fingerprint density at radius 2 is 2.28 bits per heavy atom. The SMILES string of the molecule is CCCNC(N)=NCC(=O)Nc1cccc(Br)c1. The number of aliphatic imine (C=N–C) groups is 1. The molecule has 0 spiro atoms. The maximum Gasteiger partial charge on any atom is 0.246 e. The third kappa shape index (κ3) is 5.67. The van der Waals surface area contributed by atoms with Crippen LogP contribution < -0.4 is 16.4 Å². The van der Waals surface area contributed by atoms with E-state index in [-0.39, 0.29) is 12.5 Å². The van der Waals surface area contributed by atoms with Crippen molar-refractivity contribution < 1.29 is 4.79 Å². The summed E-state index contributed by atoms with van der Waals surface area (Å²) in [6.45, 7) is 2.79. The van der Waals surface area contributed by atoms with Crippen LogP contribution in [0.5, 0.6) is 0 Å². The zero-order chi connectivity index (χ0) is 13.4. The van der Waals surface area contributed by atoms with Gasteiger partial charge in [-0.15, -0.1) is 0 Å². The van der Waals surface area contributed by atoms with E-state index >= 15 is 0 Å². The molecule has 98 valence electrons. The van der Waals surface area contributed by atoms with Gasteiger partial charge in [-0.3, -0.25) is 4.79 Å². The number of nitrogens with two attached hydrogens (primary N) is 1. The highest BCUT2D eigenvalue weighted by molar-refractivity contribution is 9.10. The van der Waals surface area contributed by atoms with Crippen LogP contribution in [-0.4, -0.2) is 25.0 Å². The predicted molar refractivity (Wildman–Crippen MR) is 77.6 cm³/mol. The minimum atomic E-state index is -0.200. The van der Waals surface area contributed by atoms with Crippen molar-refractivity contribution in [1.82, 2.24) is 5.32 Å². The van der Waals surface area contributed by atoms with Crippen LogP contribution in [0, 0.1) is 0 Å². The molecule has 5 nitrogen and oxygen atoms in total. The van der Waals surface area contributed by atoms with Gasteiger partial charge in [0.2, 0.25) is 5.91 Å². The molecule has 0 saturated heterocycles. The van der Waals surface area contributed by atoms with E-state index < -0.39 is 0 Å². The Kier molecular flexibility index (Phi) is 6.21. The maximum atomic E-state index is 11.6. The van der Waals surface area contributed by atoms with Crippen molar-refractivity contribution in [1.29, 1.82) is 0 Å². The van der Waals surface area contributed by atoms with Crippen molar-refractivity contribution in [3.05, 3.63) is 28.7 Å². The van der Waals surface area contributed by atoms with Gasteiger partial charge in [0, 0.05) is 16.7 Å². The quantitative estimate of drug-likeness (QED) is 0.572. The van der Waals surface area contributed by atoms with Crippen LogP contribution in [0.15, 0.2) is 33.7 Å². The molecule has 1 aromatic rings. The zero-order valence-corrected chi connectivity index (χ0v) is 11.8. The van der Waals surface area contributed by atoms with Crippen LogP contribution in [0.25, 0.3) is 0 Å². The molecule has 0 heterocycles. The number of benzene rings is 1. The number of nitrogens with one attached hydrogen (secondary N) is 2. The summed E-state index contributed by atoms with van der Waals surface area (Å²) >= 11 is 3.33. The summed E-state index contributed by atoms with van der Waals surface area (Å²) < 4.78 is 0.910. The fourth-order valence-corrected chi connectivity index (χ4v) is 1.63. The van der Waals surface area contributed by atoms with Crippen LogP contribution in [-0.2, 0) is 4.79 Å². The third-order valence-corrected chi connectivity index (χ3v) is 2.55. The first-order valence-corrected chi connectivity index (χ1v) is 6.50. The summed E-state index contributed by atoms with van der Waals surface area (Å²) in [5.74, 6) is 0.0931. The van der Waals surface area contributed by atoms with E-state index in [0.29, 0.717) is 5.96 Å². The van der Waals surface area contributed by atoms with Gasteiger partial charge in [-0.1, -0.05) is 28.9 Å². The average Bonchev–Trinajstić information content (AvgIpc) is 2.34. The van der Waals surface area contributed by atoms with E-state index in [1.807, 2.05) is 31.2 Å². The van der Waals surface area contributed by atoms with E-state index in [1.165, 1.54) is 0 Å². The molecule has 0 aromatic heterocycles. The number of halogens is 1. The summed E-state index contributed by atoms with van der Waals surface area (Å²) in [5.41, 5.74) is 6.30. The first-order chi connectivity index (χ1) is 8.61. The number of anilines is 1. The van der Waals surface area contributed by atoms with Crippen molar-refractivity contribution in [3.8, 4) is 0 Å². The van der Waals surface area contributed by atoms with Crippen molar-refractivity contribution in [2.24, 2.45) is 10.7 Å². The molecule has 0 aliphatic heterocycles. The third-order valence-electron chi connectivity index (χ3n) is 2.06. The second-order valence-electron chi connectivity index (χ2n) is 3.69. The lowest BCUT2D eigenvalue weighted by molar-refractivity contribution is -0.114. The number of hydrogen-bond acceptors (Lipinski definition) is 2. The predicted octanol–water partition coefficient (Wildman–Crippen LogP) is 1.70. The number of guanidine groups is 1. The summed E-state index contributed by atoms with van der Waals surface area (Å²) in [6, 6.07) is 7.37. The van der Waals surface area contributed by atoms with Crippen molar-refractivity contribution in [2.75, 3.05) is 18.4 Å². The zero-order valence-electron chi connectivity index (χ0n) is 10.2. The average molecular weight is 313 g/mol. The Hall–Kier alpha value is -1.56. The number of nitrogens with zero attached hydrogens (tertiary/aromatic N) is 1.